The minimum atomic E-state index is -1.20. The molecular weight excluding hydrogens is 308 g/mol. The van der Waals surface area contributed by atoms with Gasteiger partial charge in [-0.25, -0.2) is 9.78 Å². The van der Waals surface area contributed by atoms with Crippen molar-refractivity contribution in [2.45, 2.75) is 26.2 Å². The fourth-order valence-electron chi connectivity index (χ4n) is 2.23. The van der Waals surface area contributed by atoms with Gasteiger partial charge in [0.2, 0.25) is 0 Å². The van der Waals surface area contributed by atoms with E-state index in [0.29, 0.717) is 35.8 Å². The number of hydrogen-bond donors (Lipinski definition) is 2. The molecule has 2 rings (SSSR count). The Kier molecular flexibility index (Phi) is 5.73. The van der Waals surface area contributed by atoms with Crippen LogP contribution in [0, 0.1) is 5.92 Å². The van der Waals surface area contributed by atoms with Gasteiger partial charge in [-0.3, -0.25) is 4.79 Å². The van der Waals surface area contributed by atoms with Crippen LogP contribution in [-0.2, 0) is 4.74 Å². The van der Waals surface area contributed by atoms with Gasteiger partial charge in [0.15, 0.2) is 5.69 Å². The zero-order valence-electron chi connectivity index (χ0n) is 14.0. The predicted octanol–water partition coefficient (Wildman–Crippen LogP) is 2.87. The molecule has 0 spiro atoms. The molecule has 1 saturated carbocycles. The summed E-state index contributed by atoms with van der Waals surface area (Å²) in [5, 5.41) is 12.2. The molecule has 1 aliphatic rings. The largest absolute Gasteiger partial charge is 0.501 e. The lowest BCUT2D eigenvalue weighted by atomic mass is 10.0. The number of nitrogens with one attached hydrogen (secondary N) is 1. The first-order valence-corrected chi connectivity index (χ1v) is 7.92. The van der Waals surface area contributed by atoms with Gasteiger partial charge < -0.3 is 15.2 Å². The van der Waals surface area contributed by atoms with Gasteiger partial charge in [0.25, 0.3) is 5.91 Å². The molecular formula is C18H22N2O4. The molecule has 1 fully saturated rings. The molecule has 0 saturated heterocycles. The molecule has 1 amide bonds. The number of carbonyl (C=O) groups excluding carboxylic acids is 1. The van der Waals surface area contributed by atoms with E-state index in [2.05, 4.69) is 16.9 Å². The van der Waals surface area contributed by atoms with Crippen LogP contribution in [0.15, 0.2) is 30.5 Å². The van der Waals surface area contributed by atoms with Gasteiger partial charge in [-0.15, -0.1) is 0 Å². The Balaban J connectivity index is 2.25. The van der Waals surface area contributed by atoms with E-state index in [1.165, 1.54) is 6.07 Å². The summed E-state index contributed by atoms with van der Waals surface area (Å²) in [4.78, 5) is 27.6. The quantitative estimate of drug-likeness (QED) is 0.565. The number of aromatic nitrogens is 1. The molecule has 1 heterocycles. The number of allylic oxidation sites excluding steroid dienone is 3. The summed E-state index contributed by atoms with van der Waals surface area (Å²) in [7, 11) is 1.55. The van der Waals surface area contributed by atoms with Crippen molar-refractivity contribution in [3.05, 3.63) is 47.5 Å². The van der Waals surface area contributed by atoms with Crippen LogP contribution < -0.4 is 5.32 Å². The van der Waals surface area contributed by atoms with Crippen LogP contribution in [0.4, 0.5) is 0 Å². The van der Waals surface area contributed by atoms with Crippen LogP contribution in [-0.4, -0.2) is 35.6 Å². The Labute approximate surface area is 141 Å². The predicted molar refractivity (Wildman–Crippen MR) is 90.7 cm³/mol. The molecule has 1 aromatic rings. The van der Waals surface area contributed by atoms with Crippen molar-refractivity contribution in [3.8, 4) is 0 Å². The molecule has 24 heavy (non-hydrogen) atoms. The van der Waals surface area contributed by atoms with Crippen molar-refractivity contribution in [2.75, 3.05) is 13.7 Å². The summed E-state index contributed by atoms with van der Waals surface area (Å²) in [6, 6.07) is 3.08. The number of ether oxygens (including phenoxy) is 1. The summed E-state index contributed by atoms with van der Waals surface area (Å²) < 4.78 is 5.18. The molecule has 1 aromatic heterocycles. The van der Waals surface area contributed by atoms with Gasteiger partial charge in [0.1, 0.15) is 5.69 Å². The highest BCUT2D eigenvalue weighted by Gasteiger charge is 2.23. The number of rotatable bonds is 8. The summed E-state index contributed by atoms with van der Waals surface area (Å²) in [6.45, 7) is 6.41. The lowest BCUT2D eigenvalue weighted by Gasteiger charge is -2.10. The van der Waals surface area contributed by atoms with Gasteiger partial charge in [0.05, 0.1) is 12.9 Å². The number of carbonyl (C=O) groups is 2. The summed E-state index contributed by atoms with van der Waals surface area (Å²) in [5.41, 5.74) is 0.741. The molecule has 0 aromatic carbocycles. The first-order chi connectivity index (χ1) is 11.5. The van der Waals surface area contributed by atoms with Gasteiger partial charge in [-0.1, -0.05) is 13.5 Å². The van der Waals surface area contributed by atoms with E-state index in [-0.39, 0.29) is 17.3 Å². The second-order valence-electron chi connectivity index (χ2n) is 5.74. The zero-order chi connectivity index (χ0) is 17.7. The first-order valence-electron chi connectivity index (χ1n) is 7.92. The molecule has 0 bridgehead atoms. The fourth-order valence-corrected chi connectivity index (χ4v) is 2.23. The van der Waals surface area contributed by atoms with E-state index in [1.807, 2.05) is 6.92 Å². The second-order valence-corrected chi connectivity index (χ2v) is 5.74. The maximum absolute atomic E-state index is 12.1. The van der Waals surface area contributed by atoms with Crippen molar-refractivity contribution < 1.29 is 19.4 Å². The van der Waals surface area contributed by atoms with Crippen molar-refractivity contribution >= 4 is 17.4 Å². The number of amides is 1. The monoisotopic (exact) mass is 330 g/mol. The van der Waals surface area contributed by atoms with Crippen LogP contribution >= 0.6 is 0 Å². The SMILES string of the molecule is C=C(/C=C(\CC)OC)c1ccc(C(=O)NCC2CC2)nc1C(=O)O. The van der Waals surface area contributed by atoms with Crippen LogP contribution in [0.3, 0.4) is 0 Å². The molecule has 2 N–H and O–H groups in total. The standard InChI is InChI=1S/C18H22N2O4/c1-4-13(24-3)9-11(2)14-7-8-15(20-16(14)18(22)23)17(21)19-10-12-5-6-12/h7-9,12H,2,4-6,10H2,1,3H3,(H,19,21)(H,22,23)/b13-9+. The Morgan fingerprint density at radius 1 is 1.46 bits per heavy atom. The minimum Gasteiger partial charge on any atom is -0.501 e. The fraction of sp³-hybridized carbons (Fsp3) is 0.389. The van der Waals surface area contributed by atoms with Gasteiger partial charge in [0, 0.05) is 18.5 Å². The van der Waals surface area contributed by atoms with Gasteiger partial charge >= 0.3 is 5.97 Å². The highest BCUT2D eigenvalue weighted by Crippen LogP contribution is 2.27. The lowest BCUT2D eigenvalue weighted by Crippen LogP contribution is -2.27. The summed E-state index contributed by atoms with van der Waals surface area (Å²) in [6.07, 6.45) is 4.58. The number of hydrogen-bond acceptors (Lipinski definition) is 4. The molecule has 0 unspecified atom stereocenters. The van der Waals surface area contributed by atoms with E-state index in [0.717, 1.165) is 12.8 Å². The third-order valence-electron chi connectivity index (χ3n) is 3.87. The van der Waals surface area contributed by atoms with Crippen LogP contribution in [0.25, 0.3) is 5.57 Å². The first kappa shape index (κ1) is 17.7. The van der Waals surface area contributed by atoms with Gasteiger partial charge in [-0.05, 0) is 42.5 Å². The topological polar surface area (TPSA) is 88.5 Å². The number of nitrogens with zero attached hydrogens (tertiary/aromatic N) is 1. The summed E-state index contributed by atoms with van der Waals surface area (Å²) in [5.74, 6) is -0.337. The molecule has 1 aliphatic carbocycles. The van der Waals surface area contributed by atoms with E-state index >= 15 is 0 Å². The van der Waals surface area contributed by atoms with Crippen LogP contribution in [0.5, 0.6) is 0 Å². The number of pyridine rings is 1. The molecule has 0 atom stereocenters. The third-order valence-corrected chi connectivity index (χ3v) is 3.87. The number of carboxylic acids is 1. The Bertz CT molecular complexity index is 684. The van der Waals surface area contributed by atoms with Crippen LogP contribution in [0.1, 0.15) is 52.7 Å². The molecule has 0 aliphatic heterocycles. The average Bonchev–Trinajstić information content (AvgIpc) is 3.41. The lowest BCUT2D eigenvalue weighted by molar-refractivity contribution is 0.0690. The third kappa shape index (κ3) is 4.44. The average molecular weight is 330 g/mol. The maximum atomic E-state index is 12.1. The Morgan fingerprint density at radius 2 is 2.17 bits per heavy atom. The Hall–Kier alpha value is -2.63. The number of aromatic carboxylic acids is 1. The second kappa shape index (κ2) is 7.77. The van der Waals surface area contributed by atoms with E-state index in [1.54, 1.807) is 19.3 Å². The molecule has 128 valence electrons. The van der Waals surface area contributed by atoms with Crippen molar-refractivity contribution in [2.24, 2.45) is 5.92 Å². The zero-order valence-corrected chi connectivity index (χ0v) is 14.0. The molecule has 6 nitrogen and oxygen atoms in total. The molecule has 6 heteroatoms. The van der Waals surface area contributed by atoms with Crippen molar-refractivity contribution in [1.29, 1.82) is 0 Å². The Morgan fingerprint density at radius 3 is 2.71 bits per heavy atom. The van der Waals surface area contributed by atoms with E-state index in [4.69, 9.17) is 4.74 Å². The van der Waals surface area contributed by atoms with Crippen LogP contribution in [0.2, 0.25) is 0 Å². The van der Waals surface area contributed by atoms with Crippen molar-refractivity contribution in [3.63, 3.8) is 0 Å². The van der Waals surface area contributed by atoms with Gasteiger partial charge in [-0.2, -0.15) is 0 Å². The number of methoxy groups -OCH3 is 1. The number of carboxylic acid groups (broad SMARTS) is 1. The molecule has 0 radical (unpaired) electrons. The smallest absolute Gasteiger partial charge is 0.355 e. The van der Waals surface area contributed by atoms with Crippen molar-refractivity contribution in [1.82, 2.24) is 10.3 Å². The summed E-state index contributed by atoms with van der Waals surface area (Å²) >= 11 is 0. The maximum Gasteiger partial charge on any atom is 0.355 e. The normalized spacial score (nSPS) is 14.2. The minimum absolute atomic E-state index is 0.0936. The van der Waals surface area contributed by atoms with E-state index < -0.39 is 5.97 Å². The highest BCUT2D eigenvalue weighted by molar-refractivity contribution is 5.97. The highest BCUT2D eigenvalue weighted by atomic mass is 16.5. The van der Waals surface area contributed by atoms with E-state index in [9.17, 15) is 14.7 Å².